The largest absolute Gasteiger partial charge is 0.388 e. The third-order valence-electron chi connectivity index (χ3n) is 3.95. The third-order valence-corrected chi connectivity index (χ3v) is 3.95. The van der Waals surface area contributed by atoms with Gasteiger partial charge in [-0.25, -0.2) is 4.39 Å². The molecule has 21 heavy (non-hydrogen) atoms. The first-order valence-electron chi connectivity index (χ1n) is 7.08. The number of anilines is 1. The summed E-state index contributed by atoms with van der Waals surface area (Å²) in [4.78, 5) is 2.16. The highest BCUT2D eigenvalue weighted by Gasteiger charge is 2.28. The van der Waals surface area contributed by atoms with Crippen molar-refractivity contribution in [3.63, 3.8) is 0 Å². The molecule has 1 heterocycles. The van der Waals surface area contributed by atoms with Gasteiger partial charge in [-0.1, -0.05) is 36.4 Å². The number of hydrogen-bond donors (Lipinski definition) is 2. The van der Waals surface area contributed by atoms with Gasteiger partial charge in [-0.2, -0.15) is 0 Å². The molecule has 3 nitrogen and oxygen atoms in total. The number of rotatable bonds is 4. The van der Waals surface area contributed by atoms with Gasteiger partial charge in [0.15, 0.2) is 0 Å². The Bertz CT molecular complexity index is 654. The molecule has 0 aromatic heterocycles. The molecule has 0 spiro atoms. The lowest BCUT2D eigenvalue weighted by Crippen LogP contribution is -2.30. The maximum absolute atomic E-state index is 13.6. The van der Waals surface area contributed by atoms with Crippen molar-refractivity contribution in [2.75, 3.05) is 11.4 Å². The molecule has 0 bridgehead atoms. The maximum atomic E-state index is 13.6. The van der Waals surface area contributed by atoms with Gasteiger partial charge in [0.1, 0.15) is 5.82 Å². The number of amidine groups is 1. The second kappa shape index (κ2) is 5.56. The average Bonchev–Trinajstić information content (AvgIpc) is 2.88. The fourth-order valence-corrected chi connectivity index (χ4v) is 2.99. The van der Waals surface area contributed by atoms with E-state index < -0.39 is 0 Å². The quantitative estimate of drug-likeness (QED) is 0.668. The first-order chi connectivity index (χ1) is 10.1. The normalized spacial score (nSPS) is 14.8. The molecule has 1 unspecified atom stereocenters. The zero-order chi connectivity index (χ0) is 14.8. The Balaban J connectivity index is 1.99. The highest BCUT2D eigenvalue weighted by Crippen LogP contribution is 2.37. The van der Waals surface area contributed by atoms with Crippen molar-refractivity contribution in [3.05, 3.63) is 65.5 Å². The van der Waals surface area contributed by atoms with Crippen molar-refractivity contribution in [3.8, 4) is 0 Å². The molecule has 2 aromatic rings. The van der Waals surface area contributed by atoms with Crippen LogP contribution in [0, 0.1) is 11.2 Å². The molecule has 0 radical (unpaired) electrons. The highest BCUT2D eigenvalue weighted by molar-refractivity contribution is 5.78. The Hall–Kier alpha value is -2.36. The molecule has 1 aliphatic rings. The first-order valence-corrected chi connectivity index (χ1v) is 7.08. The zero-order valence-electron chi connectivity index (χ0n) is 11.7. The topological polar surface area (TPSA) is 53.1 Å². The standard InChI is InChI=1S/C17H18FN3/c18-14-7-6-13-8-9-21(15(13)10-14)16(11-17(19)20)12-4-2-1-3-5-12/h1-7,10,16H,8-9,11H2,(H3,19,20). The Labute approximate surface area is 123 Å². The molecule has 4 heteroatoms. The second-order valence-corrected chi connectivity index (χ2v) is 5.37. The summed E-state index contributed by atoms with van der Waals surface area (Å²) in [5.74, 6) is -0.0796. The van der Waals surface area contributed by atoms with Crippen LogP contribution in [0.25, 0.3) is 0 Å². The Morgan fingerprint density at radius 1 is 1.24 bits per heavy atom. The van der Waals surface area contributed by atoms with Crippen molar-refractivity contribution in [2.24, 2.45) is 5.73 Å². The van der Waals surface area contributed by atoms with E-state index in [0.29, 0.717) is 6.42 Å². The lowest BCUT2D eigenvalue weighted by molar-refractivity contribution is 0.623. The number of nitrogens with zero attached hydrogens (tertiary/aromatic N) is 1. The molecule has 0 fully saturated rings. The number of hydrogen-bond acceptors (Lipinski definition) is 2. The zero-order valence-corrected chi connectivity index (χ0v) is 11.7. The van der Waals surface area contributed by atoms with Gasteiger partial charge >= 0.3 is 0 Å². The van der Waals surface area contributed by atoms with Crippen molar-refractivity contribution < 1.29 is 4.39 Å². The molecular weight excluding hydrogens is 265 g/mol. The fourth-order valence-electron chi connectivity index (χ4n) is 2.99. The molecule has 1 aliphatic heterocycles. The number of nitrogens with one attached hydrogen (secondary N) is 1. The molecule has 0 saturated carbocycles. The van der Waals surface area contributed by atoms with Crippen molar-refractivity contribution in [2.45, 2.75) is 18.9 Å². The number of nitrogens with two attached hydrogens (primary N) is 1. The van der Waals surface area contributed by atoms with Crippen LogP contribution in [0.4, 0.5) is 10.1 Å². The highest BCUT2D eigenvalue weighted by atomic mass is 19.1. The first kappa shape index (κ1) is 13.6. The van der Waals surface area contributed by atoms with E-state index in [9.17, 15) is 4.39 Å². The molecule has 108 valence electrons. The van der Waals surface area contributed by atoms with Crippen molar-refractivity contribution >= 4 is 11.5 Å². The van der Waals surface area contributed by atoms with Gasteiger partial charge in [0.05, 0.1) is 11.9 Å². The van der Waals surface area contributed by atoms with E-state index in [1.165, 1.54) is 6.07 Å². The van der Waals surface area contributed by atoms with Gasteiger partial charge in [-0.3, -0.25) is 5.41 Å². The van der Waals surface area contributed by atoms with Crippen LogP contribution in [-0.4, -0.2) is 12.4 Å². The molecular formula is C17H18FN3. The molecule has 0 saturated heterocycles. The van der Waals surface area contributed by atoms with E-state index in [4.69, 9.17) is 11.1 Å². The van der Waals surface area contributed by atoms with Gasteiger partial charge in [0, 0.05) is 18.7 Å². The van der Waals surface area contributed by atoms with Crippen LogP contribution in [0.15, 0.2) is 48.5 Å². The number of fused-ring (bicyclic) bond motifs is 1. The summed E-state index contributed by atoms with van der Waals surface area (Å²) in [6, 6.07) is 14.9. The summed E-state index contributed by atoms with van der Waals surface area (Å²) in [6.45, 7) is 0.825. The third kappa shape index (κ3) is 2.75. The minimum absolute atomic E-state index is 0.0215. The van der Waals surface area contributed by atoms with Gasteiger partial charge < -0.3 is 10.6 Å². The summed E-state index contributed by atoms with van der Waals surface area (Å²) < 4.78 is 13.6. The van der Waals surface area contributed by atoms with Gasteiger partial charge in [0.2, 0.25) is 0 Å². The molecule has 3 rings (SSSR count). The minimum Gasteiger partial charge on any atom is -0.388 e. The molecule has 3 N–H and O–H groups in total. The van der Waals surface area contributed by atoms with E-state index in [0.717, 1.165) is 29.8 Å². The monoisotopic (exact) mass is 283 g/mol. The van der Waals surface area contributed by atoms with Gasteiger partial charge in [-0.05, 0) is 29.7 Å². The summed E-state index contributed by atoms with van der Waals surface area (Å²) in [7, 11) is 0. The molecule has 0 aliphatic carbocycles. The van der Waals surface area contributed by atoms with Crippen molar-refractivity contribution in [1.82, 2.24) is 0 Å². The summed E-state index contributed by atoms with van der Waals surface area (Å²) >= 11 is 0. The smallest absolute Gasteiger partial charge is 0.125 e. The fraction of sp³-hybridized carbons (Fsp3) is 0.235. The number of halogens is 1. The number of benzene rings is 2. The van der Waals surface area contributed by atoms with Crippen LogP contribution in [0.3, 0.4) is 0 Å². The van der Waals surface area contributed by atoms with Crippen molar-refractivity contribution in [1.29, 1.82) is 5.41 Å². The summed E-state index contributed by atoms with van der Waals surface area (Å²) in [6.07, 6.45) is 1.34. The SMILES string of the molecule is N=C(N)CC(c1ccccc1)N1CCc2ccc(F)cc21. The van der Waals surface area contributed by atoms with E-state index in [-0.39, 0.29) is 17.7 Å². The van der Waals surface area contributed by atoms with Crippen LogP contribution < -0.4 is 10.6 Å². The predicted octanol–water partition coefficient (Wildman–Crippen LogP) is 3.26. The lowest BCUT2D eigenvalue weighted by Gasteiger charge is -2.30. The van der Waals surface area contributed by atoms with Crippen LogP contribution in [-0.2, 0) is 6.42 Å². The summed E-state index contributed by atoms with van der Waals surface area (Å²) in [5, 5.41) is 7.64. The Kier molecular flexibility index (Phi) is 3.60. The van der Waals surface area contributed by atoms with Crippen LogP contribution in [0.1, 0.15) is 23.6 Å². The average molecular weight is 283 g/mol. The van der Waals surface area contributed by atoms with E-state index >= 15 is 0 Å². The van der Waals surface area contributed by atoms with Gasteiger partial charge in [-0.15, -0.1) is 0 Å². The van der Waals surface area contributed by atoms with Gasteiger partial charge in [0.25, 0.3) is 0 Å². The molecule has 0 amide bonds. The van der Waals surface area contributed by atoms with Crippen LogP contribution in [0.2, 0.25) is 0 Å². The second-order valence-electron chi connectivity index (χ2n) is 5.37. The minimum atomic E-state index is -0.227. The Morgan fingerprint density at radius 2 is 2.00 bits per heavy atom. The lowest BCUT2D eigenvalue weighted by atomic mass is 10.0. The predicted molar refractivity (Wildman–Crippen MR) is 83.2 cm³/mol. The summed E-state index contributed by atoms with van der Waals surface area (Å²) in [5.41, 5.74) is 8.81. The van der Waals surface area contributed by atoms with E-state index in [2.05, 4.69) is 4.90 Å². The molecule has 1 atom stereocenters. The Morgan fingerprint density at radius 3 is 2.71 bits per heavy atom. The maximum Gasteiger partial charge on any atom is 0.125 e. The van der Waals surface area contributed by atoms with E-state index in [1.807, 2.05) is 36.4 Å². The van der Waals surface area contributed by atoms with E-state index in [1.54, 1.807) is 6.07 Å². The van der Waals surface area contributed by atoms with Crippen LogP contribution in [0.5, 0.6) is 0 Å². The molecule has 2 aromatic carbocycles. The van der Waals surface area contributed by atoms with Crippen LogP contribution >= 0.6 is 0 Å².